The molecule has 0 saturated carbocycles. The van der Waals surface area contributed by atoms with Crippen LogP contribution in [-0.4, -0.2) is 18.3 Å². The van der Waals surface area contributed by atoms with Crippen molar-refractivity contribution in [2.75, 3.05) is 0 Å². The first-order valence-corrected chi connectivity index (χ1v) is 9.29. The largest absolute Gasteiger partial charge is 0.495 e. The molecule has 1 aliphatic heterocycles. The van der Waals surface area contributed by atoms with E-state index in [-0.39, 0.29) is 11.2 Å². The average Bonchev–Trinajstić information content (AvgIpc) is 2.82. The average molecular weight is 365 g/mol. The van der Waals surface area contributed by atoms with Gasteiger partial charge < -0.3 is 9.31 Å². The third-order valence-electron chi connectivity index (χ3n) is 5.58. The molecule has 3 aromatic rings. The summed E-state index contributed by atoms with van der Waals surface area (Å²) >= 11 is 6.32. The first-order chi connectivity index (χ1) is 12.3. The lowest BCUT2D eigenvalue weighted by atomic mass is 9.74. The molecule has 2 nitrogen and oxygen atoms in total. The highest BCUT2D eigenvalue weighted by molar-refractivity contribution is 6.64. The smallest absolute Gasteiger partial charge is 0.399 e. The molecule has 132 valence electrons. The Morgan fingerprint density at radius 3 is 2.12 bits per heavy atom. The number of benzene rings is 3. The molecule has 0 unspecified atom stereocenters. The number of hydrogen-bond donors (Lipinski definition) is 0. The van der Waals surface area contributed by atoms with Crippen LogP contribution in [0.25, 0.3) is 21.9 Å². The quantitative estimate of drug-likeness (QED) is 0.562. The molecule has 0 spiro atoms. The Bertz CT molecular complexity index is 965. The zero-order chi connectivity index (χ0) is 18.5. The number of fused-ring (bicyclic) bond motifs is 1. The third kappa shape index (κ3) is 2.94. The Balaban J connectivity index is 1.83. The normalized spacial score (nSPS) is 18.4. The summed E-state index contributed by atoms with van der Waals surface area (Å²) < 4.78 is 12.5. The van der Waals surface area contributed by atoms with E-state index < -0.39 is 7.12 Å². The van der Waals surface area contributed by atoms with Crippen LogP contribution in [0, 0.1) is 0 Å². The van der Waals surface area contributed by atoms with Gasteiger partial charge in [0.1, 0.15) is 0 Å². The van der Waals surface area contributed by atoms with Crippen molar-refractivity contribution in [3.8, 4) is 11.1 Å². The molecule has 0 N–H and O–H groups in total. The molecule has 26 heavy (non-hydrogen) atoms. The summed E-state index contributed by atoms with van der Waals surface area (Å²) in [6.07, 6.45) is 0. The predicted molar refractivity (Wildman–Crippen MR) is 110 cm³/mol. The predicted octanol–water partition coefficient (Wildman–Crippen LogP) is 5.46. The molecule has 0 atom stereocenters. The minimum Gasteiger partial charge on any atom is -0.399 e. The highest BCUT2D eigenvalue weighted by atomic mass is 35.5. The van der Waals surface area contributed by atoms with E-state index in [1.165, 1.54) is 10.8 Å². The summed E-state index contributed by atoms with van der Waals surface area (Å²) in [4.78, 5) is 0. The van der Waals surface area contributed by atoms with E-state index in [9.17, 15) is 0 Å². The molecule has 0 amide bonds. The van der Waals surface area contributed by atoms with Crippen molar-refractivity contribution < 1.29 is 9.31 Å². The van der Waals surface area contributed by atoms with Crippen LogP contribution >= 0.6 is 11.6 Å². The summed E-state index contributed by atoms with van der Waals surface area (Å²) in [6, 6.07) is 20.7. The molecular weight excluding hydrogens is 343 g/mol. The Morgan fingerprint density at radius 2 is 1.42 bits per heavy atom. The van der Waals surface area contributed by atoms with Gasteiger partial charge in [-0.2, -0.15) is 0 Å². The molecule has 1 aliphatic rings. The molecule has 3 aromatic carbocycles. The van der Waals surface area contributed by atoms with Gasteiger partial charge in [-0.3, -0.25) is 0 Å². The van der Waals surface area contributed by atoms with E-state index >= 15 is 0 Å². The van der Waals surface area contributed by atoms with E-state index in [4.69, 9.17) is 20.9 Å². The van der Waals surface area contributed by atoms with Gasteiger partial charge in [0.05, 0.1) is 11.2 Å². The Morgan fingerprint density at radius 1 is 0.769 bits per heavy atom. The molecular formula is C22H22BClO2. The van der Waals surface area contributed by atoms with Gasteiger partial charge in [-0.25, -0.2) is 0 Å². The Hall–Kier alpha value is -1.81. The van der Waals surface area contributed by atoms with E-state index in [2.05, 4.69) is 70.2 Å². The van der Waals surface area contributed by atoms with Crippen molar-refractivity contribution in [2.24, 2.45) is 0 Å². The maximum absolute atomic E-state index is 6.32. The zero-order valence-electron chi connectivity index (χ0n) is 15.5. The van der Waals surface area contributed by atoms with Crippen molar-refractivity contribution in [3.05, 3.63) is 65.7 Å². The summed E-state index contributed by atoms with van der Waals surface area (Å²) in [5.74, 6) is 0. The van der Waals surface area contributed by atoms with Crippen LogP contribution < -0.4 is 5.46 Å². The topological polar surface area (TPSA) is 18.5 Å². The van der Waals surface area contributed by atoms with Crippen molar-refractivity contribution in [1.29, 1.82) is 0 Å². The third-order valence-corrected chi connectivity index (χ3v) is 5.82. The molecule has 0 aliphatic carbocycles. The monoisotopic (exact) mass is 364 g/mol. The van der Waals surface area contributed by atoms with Gasteiger partial charge in [-0.05, 0) is 73.3 Å². The fraction of sp³-hybridized carbons (Fsp3) is 0.273. The van der Waals surface area contributed by atoms with Crippen LogP contribution in [0.2, 0.25) is 5.02 Å². The molecule has 0 bridgehead atoms. The fourth-order valence-electron chi connectivity index (χ4n) is 3.31. The zero-order valence-corrected chi connectivity index (χ0v) is 16.3. The molecule has 1 fully saturated rings. The highest BCUT2D eigenvalue weighted by Gasteiger charge is 2.52. The van der Waals surface area contributed by atoms with Gasteiger partial charge >= 0.3 is 7.12 Å². The van der Waals surface area contributed by atoms with E-state index in [1.807, 2.05) is 18.2 Å². The minimum atomic E-state index is -0.418. The van der Waals surface area contributed by atoms with Crippen LogP contribution in [0.1, 0.15) is 27.7 Å². The van der Waals surface area contributed by atoms with Crippen molar-refractivity contribution in [3.63, 3.8) is 0 Å². The van der Waals surface area contributed by atoms with E-state index in [0.717, 1.165) is 16.6 Å². The van der Waals surface area contributed by atoms with Crippen LogP contribution in [0.5, 0.6) is 0 Å². The molecule has 4 rings (SSSR count). The van der Waals surface area contributed by atoms with E-state index in [0.29, 0.717) is 5.02 Å². The molecule has 1 heterocycles. The second kappa shape index (κ2) is 6.12. The lowest BCUT2D eigenvalue weighted by molar-refractivity contribution is 0.00578. The minimum absolute atomic E-state index is 0.377. The number of rotatable bonds is 2. The first kappa shape index (κ1) is 17.6. The SMILES string of the molecule is CC1(C)OB(c2ccc(Cl)cc2-c2ccc3ccccc3c2)OC1(C)C. The molecule has 1 saturated heterocycles. The molecule has 0 aromatic heterocycles. The van der Waals surface area contributed by atoms with Crippen LogP contribution in [0.3, 0.4) is 0 Å². The van der Waals surface area contributed by atoms with Gasteiger partial charge in [-0.15, -0.1) is 0 Å². The second-order valence-electron chi connectivity index (χ2n) is 7.88. The van der Waals surface area contributed by atoms with Gasteiger partial charge in [0, 0.05) is 5.02 Å². The van der Waals surface area contributed by atoms with Gasteiger partial charge in [0.15, 0.2) is 0 Å². The van der Waals surface area contributed by atoms with Crippen LogP contribution in [0.4, 0.5) is 0 Å². The maximum atomic E-state index is 6.32. The maximum Gasteiger partial charge on any atom is 0.495 e. The summed E-state index contributed by atoms with van der Waals surface area (Å²) in [5, 5.41) is 3.12. The summed E-state index contributed by atoms with van der Waals surface area (Å²) in [6.45, 7) is 8.27. The van der Waals surface area contributed by atoms with Crippen LogP contribution in [-0.2, 0) is 9.31 Å². The number of hydrogen-bond acceptors (Lipinski definition) is 2. The second-order valence-corrected chi connectivity index (χ2v) is 8.32. The fourth-order valence-corrected chi connectivity index (χ4v) is 3.48. The summed E-state index contributed by atoms with van der Waals surface area (Å²) in [5.41, 5.74) is 2.40. The van der Waals surface area contributed by atoms with Crippen LogP contribution in [0.15, 0.2) is 60.7 Å². The first-order valence-electron chi connectivity index (χ1n) is 8.91. The Labute approximate surface area is 160 Å². The Kier molecular flexibility index (Phi) is 4.15. The molecule has 0 radical (unpaired) electrons. The highest BCUT2D eigenvalue weighted by Crippen LogP contribution is 2.37. The van der Waals surface area contributed by atoms with E-state index in [1.54, 1.807) is 0 Å². The van der Waals surface area contributed by atoms with Crippen molar-refractivity contribution in [1.82, 2.24) is 0 Å². The van der Waals surface area contributed by atoms with Gasteiger partial charge in [-0.1, -0.05) is 54.1 Å². The number of halogens is 1. The molecule has 4 heteroatoms. The standard InChI is InChI=1S/C22H22BClO2/c1-21(2)22(3,4)26-23(25-21)20-12-11-18(24)14-19(20)17-10-9-15-7-5-6-8-16(15)13-17/h5-14H,1-4H3. The van der Waals surface area contributed by atoms with Gasteiger partial charge in [0.2, 0.25) is 0 Å². The van der Waals surface area contributed by atoms with Crippen molar-refractivity contribution in [2.45, 2.75) is 38.9 Å². The lowest BCUT2D eigenvalue weighted by Crippen LogP contribution is -2.41. The lowest BCUT2D eigenvalue weighted by Gasteiger charge is -2.32. The van der Waals surface area contributed by atoms with Gasteiger partial charge in [0.25, 0.3) is 0 Å². The summed E-state index contributed by atoms with van der Waals surface area (Å²) in [7, 11) is -0.418. The van der Waals surface area contributed by atoms with Crippen molar-refractivity contribution >= 4 is 35.0 Å².